The lowest BCUT2D eigenvalue weighted by atomic mass is 10.2. The summed E-state index contributed by atoms with van der Waals surface area (Å²) in [5, 5.41) is 0. The molecule has 3 rings (SSSR count). The summed E-state index contributed by atoms with van der Waals surface area (Å²) < 4.78 is 65.9. The molecule has 1 heterocycles. The van der Waals surface area contributed by atoms with Crippen molar-refractivity contribution in [3.8, 4) is 0 Å². The topological polar surface area (TPSA) is 101 Å². The van der Waals surface area contributed by atoms with Gasteiger partial charge in [-0.05, 0) is 36.8 Å². The third-order valence-electron chi connectivity index (χ3n) is 3.89. The Kier molecular flexibility index (Phi) is 4.49. The summed E-state index contributed by atoms with van der Waals surface area (Å²) in [4.78, 5) is 11.7. The molecule has 0 saturated carbocycles. The van der Waals surface area contributed by atoms with Crippen molar-refractivity contribution in [2.75, 3.05) is 14.8 Å². The third-order valence-corrected chi connectivity index (χ3v) is 7.09. The van der Waals surface area contributed by atoms with Gasteiger partial charge in [0, 0.05) is 6.42 Å². The van der Waals surface area contributed by atoms with Gasteiger partial charge in [-0.2, -0.15) is 0 Å². The van der Waals surface area contributed by atoms with E-state index in [4.69, 9.17) is 0 Å². The molecule has 0 bridgehead atoms. The van der Waals surface area contributed by atoms with E-state index >= 15 is 0 Å². The monoisotopic (exact) mass is 398 g/mol. The van der Waals surface area contributed by atoms with E-state index in [1.165, 1.54) is 37.3 Å². The van der Waals surface area contributed by atoms with Crippen molar-refractivity contribution in [2.45, 2.75) is 18.2 Å². The molecule has 7 nitrogen and oxygen atoms in total. The SMILES string of the molecule is Cc1ccc(N2C(=O)CCS2(=O)=O)cc1S(=O)(=O)Nc1ccccc1F. The Morgan fingerprint density at radius 3 is 2.46 bits per heavy atom. The van der Waals surface area contributed by atoms with E-state index < -0.39 is 31.8 Å². The molecular formula is C16H15FN2O5S2. The molecule has 1 aliphatic rings. The molecule has 1 aliphatic heterocycles. The minimum atomic E-state index is -4.20. The van der Waals surface area contributed by atoms with Crippen molar-refractivity contribution < 1.29 is 26.0 Å². The quantitative estimate of drug-likeness (QED) is 0.849. The van der Waals surface area contributed by atoms with Gasteiger partial charge in [0.2, 0.25) is 15.9 Å². The van der Waals surface area contributed by atoms with Crippen LogP contribution in [0.3, 0.4) is 0 Å². The van der Waals surface area contributed by atoms with Crippen LogP contribution in [0, 0.1) is 12.7 Å². The van der Waals surface area contributed by atoms with Crippen LogP contribution in [0.1, 0.15) is 12.0 Å². The zero-order valence-corrected chi connectivity index (χ0v) is 15.3. The molecule has 0 atom stereocenters. The molecule has 2 aromatic rings. The Morgan fingerprint density at radius 1 is 1.15 bits per heavy atom. The molecule has 1 saturated heterocycles. The fourth-order valence-electron chi connectivity index (χ4n) is 2.62. The molecule has 26 heavy (non-hydrogen) atoms. The molecule has 0 unspecified atom stereocenters. The lowest BCUT2D eigenvalue weighted by Gasteiger charge is -2.17. The van der Waals surface area contributed by atoms with Crippen molar-refractivity contribution in [2.24, 2.45) is 0 Å². The van der Waals surface area contributed by atoms with Crippen LogP contribution < -0.4 is 9.03 Å². The predicted molar refractivity (Wildman–Crippen MR) is 94.3 cm³/mol. The van der Waals surface area contributed by atoms with Gasteiger partial charge in [0.1, 0.15) is 5.82 Å². The standard InChI is InChI=1S/C16H15FN2O5S2/c1-11-6-7-12(19-16(20)8-9-25(19,21)22)10-15(11)26(23,24)18-14-5-3-2-4-13(14)17/h2-7,10,18H,8-9H2,1H3. The largest absolute Gasteiger partial charge is 0.277 e. The maximum absolute atomic E-state index is 13.8. The smallest absolute Gasteiger partial charge is 0.262 e. The van der Waals surface area contributed by atoms with E-state index in [0.29, 0.717) is 9.87 Å². The van der Waals surface area contributed by atoms with Crippen LogP contribution in [0.25, 0.3) is 0 Å². The summed E-state index contributed by atoms with van der Waals surface area (Å²) in [7, 11) is -8.02. The average molecular weight is 398 g/mol. The molecular weight excluding hydrogens is 383 g/mol. The second kappa shape index (κ2) is 6.36. The molecule has 0 aliphatic carbocycles. The highest BCUT2D eigenvalue weighted by molar-refractivity contribution is 7.94. The number of nitrogens with one attached hydrogen (secondary N) is 1. The number of hydrogen-bond donors (Lipinski definition) is 1. The van der Waals surface area contributed by atoms with Crippen LogP contribution in [-0.2, 0) is 24.8 Å². The number of para-hydroxylation sites is 1. The van der Waals surface area contributed by atoms with E-state index in [-0.39, 0.29) is 28.4 Å². The molecule has 0 spiro atoms. The van der Waals surface area contributed by atoms with E-state index in [1.807, 2.05) is 0 Å². The molecule has 2 aromatic carbocycles. The summed E-state index contributed by atoms with van der Waals surface area (Å²) in [6.45, 7) is 1.51. The number of sulfonamides is 2. The second-order valence-electron chi connectivity index (χ2n) is 5.76. The molecule has 1 N–H and O–H groups in total. The van der Waals surface area contributed by atoms with Crippen molar-refractivity contribution in [3.63, 3.8) is 0 Å². The van der Waals surface area contributed by atoms with Crippen LogP contribution in [0.15, 0.2) is 47.4 Å². The van der Waals surface area contributed by atoms with Crippen LogP contribution in [0.5, 0.6) is 0 Å². The van der Waals surface area contributed by atoms with Crippen LogP contribution in [-0.4, -0.2) is 28.5 Å². The van der Waals surface area contributed by atoms with Gasteiger partial charge in [0.05, 0.1) is 22.0 Å². The highest BCUT2D eigenvalue weighted by atomic mass is 32.2. The number of halogens is 1. The molecule has 0 aromatic heterocycles. The second-order valence-corrected chi connectivity index (χ2v) is 9.35. The van der Waals surface area contributed by atoms with E-state index in [0.717, 1.165) is 12.1 Å². The van der Waals surface area contributed by atoms with Gasteiger partial charge in [-0.3, -0.25) is 9.52 Å². The minimum absolute atomic E-state index is 0.0630. The Bertz CT molecular complexity index is 1100. The minimum Gasteiger partial charge on any atom is -0.277 e. The highest BCUT2D eigenvalue weighted by Crippen LogP contribution is 2.30. The van der Waals surface area contributed by atoms with E-state index in [1.54, 1.807) is 0 Å². The van der Waals surface area contributed by atoms with Crippen LogP contribution >= 0.6 is 0 Å². The van der Waals surface area contributed by atoms with Crippen LogP contribution in [0.2, 0.25) is 0 Å². The fraction of sp³-hybridized carbons (Fsp3) is 0.188. The normalized spacial score (nSPS) is 16.7. The van der Waals surface area contributed by atoms with Gasteiger partial charge in [0.25, 0.3) is 10.0 Å². The van der Waals surface area contributed by atoms with Gasteiger partial charge in [-0.25, -0.2) is 25.5 Å². The van der Waals surface area contributed by atoms with Gasteiger partial charge in [-0.1, -0.05) is 18.2 Å². The van der Waals surface area contributed by atoms with Gasteiger partial charge in [0.15, 0.2) is 0 Å². The van der Waals surface area contributed by atoms with Gasteiger partial charge in [-0.15, -0.1) is 0 Å². The lowest BCUT2D eigenvalue weighted by molar-refractivity contribution is -0.116. The number of carbonyl (C=O) groups excluding carboxylic acids is 1. The fourth-order valence-corrected chi connectivity index (χ4v) is 5.40. The summed E-state index contributed by atoms with van der Waals surface area (Å²) in [6, 6.07) is 9.11. The van der Waals surface area contributed by atoms with Gasteiger partial charge >= 0.3 is 0 Å². The van der Waals surface area contributed by atoms with Crippen molar-refractivity contribution in [1.29, 1.82) is 0 Å². The summed E-state index contributed by atoms with van der Waals surface area (Å²) in [6.07, 6.45) is -0.161. The average Bonchev–Trinajstić information content (AvgIpc) is 2.83. The van der Waals surface area contributed by atoms with Crippen molar-refractivity contribution >= 4 is 37.3 Å². The summed E-state index contributed by atoms with van der Waals surface area (Å²) >= 11 is 0. The maximum atomic E-state index is 13.8. The number of aryl methyl sites for hydroxylation is 1. The number of benzene rings is 2. The first-order valence-corrected chi connectivity index (χ1v) is 10.6. The predicted octanol–water partition coefficient (Wildman–Crippen LogP) is 2.00. The zero-order valence-electron chi connectivity index (χ0n) is 13.6. The molecule has 138 valence electrons. The first kappa shape index (κ1) is 18.3. The van der Waals surface area contributed by atoms with Crippen molar-refractivity contribution in [1.82, 2.24) is 0 Å². The maximum Gasteiger partial charge on any atom is 0.262 e. The summed E-state index contributed by atoms with van der Waals surface area (Å²) in [5.41, 5.74) is 0.0239. The number of hydrogen-bond acceptors (Lipinski definition) is 5. The van der Waals surface area contributed by atoms with E-state index in [9.17, 15) is 26.0 Å². The molecule has 0 radical (unpaired) electrons. The zero-order chi connectivity index (χ0) is 19.1. The lowest BCUT2D eigenvalue weighted by Crippen LogP contribution is -2.29. The van der Waals surface area contributed by atoms with Crippen molar-refractivity contribution in [3.05, 3.63) is 53.8 Å². The Morgan fingerprint density at radius 2 is 1.85 bits per heavy atom. The molecule has 1 fully saturated rings. The Balaban J connectivity index is 2.05. The first-order chi connectivity index (χ1) is 12.1. The number of rotatable bonds is 4. The number of amides is 1. The van der Waals surface area contributed by atoms with Gasteiger partial charge < -0.3 is 0 Å². The number of anilines is 2. The first-order valence-electron chi connectivity index (χ1n) is 7.56. The Hall–Kier alpha value is -2.46. The molecule has 10 heteroatoms. The van der Waals surface area contributed by atoms with E-state index in [2.05, 4.69) is 4.72 Å². The molecule has 1 amide bonds. The van der Waals surface area contributed by atoms with Crippen LogP contribution in [0.4, 0.5) is 15.8 Å². The highest BCUT2D eigenvalue weighted by Gasteiger charge is 2.37. The third kappa shape index (κ3) is 3.29. The number of carbonyl (C=O) groups is 1. The Labute approximate surface area is 150 Å². The number of nitrogens with zero attached hydrogens (tertiary/aromatic N) is 1. The summed E-state index contributed by atoms with van der Waals surface area (Å²) in [5.74, 6) is -1.70.